The molecule has 0 spiro atoms. The molecule has 2 aromatic carbocycles. The van der Waals surface area contributed by atoms with Crippen LogP contribution >= 0.6 is 23.2 Å². The van der Waals surface area contributed by atoms with Crippen molar-refractivity contribution in [1.29, 1.82) is 0 Å². The van der Waals surface area contributed by atoms with Gasteiger partial charge in [0.2, 0.25) is 0 Å². The van der Waals surface area contributed by atoms with Gasteiger partial charge in [0.1, 0.15) is 5.82 Å². The number of alkyl halides is 3. The van der Waals surface area contributed by atoms with Crippen molar-refractivity contribution in [2.75, 3.05) is 11.9 Å². The summed E-state index contributed by atoms with van der Waals surface area (Å²) >= 11 is 12.0. The highest BCUT2D eigenvalue weighted by Gasteiger charge is 2.36. The van der Waals surface area contributed by atoms with Crippen LogP contribution in [0.15, 0.2) is 42.5 Å². The zero-order valence-electron chi connectivity index (χ0n) is 14.7. The zero-order valence-corrected chi connectivity index (χ0v) is 16.2. The minimum absolute atomic E-state index is 0.0253. The van der Waals surface area contributed by atoms with Gasteiger partial charge in [-0.1, -0.05) is 35.3 Å². The average molecular weight is 426 g/mol. The van der Waals surface area contributed by atoms with Crippen LogP contribution in [0.3, 0.4) is 0 Å². The molecule has 0 atom stereocenters. The molecule has 1 aliphatic rings. The second-order valence-corrected chi connectivity index (χ2v) is 7.51. The van der Waals surface area contributed by atoms with Crippen molar-refractivity contribution >= 4 is 29.0 Å². The van der Waals surface area contributed by atoms with Crippen LogP contribution in [0.4, 0.5) is 19.0 Å². The first-order valence-electron chi connectivity index (χ1n) is 8.83. The number of hydrogen-bond acceptors (Lipinski definition) is 2. The molecule has 8 heteroatoms. The Hall–Kier alpha value is -2.18. The van der Waals surface area contributed by atoms with Crippen LogP contribution in [-0.4, -0.2) is 16.3 Å². The number of benzene rings is 2. The van der Waals surface area contributed by atoms with Crippen LogP contribution in [0, 0.1) is 0 Å². The summed E-state index contributed by atoms with van der Waals surface area (Å²) in [6.07, 6.45) is -1.98. The number of fused-ring (bicyclic) bond motifs is 1. The highest BCUT2D eigenvalue weighted by molar-refractivity contribution is 6.31. The smallest absolute Gasteiger partial charge is 0.370 e. The Labute approximate surface area is 170 Å². The summed E-state index contributed by atoms with van der Waals surface area (Å²) in [6.45, 7) is 0.669. The normalized spacial score (nSPS) is 14.3. The van der Waals surface area contributed by atoms with Crippen molar-refractivity contribution in [2.24, 2.45) is 0 Å². The molecule has 1 aromatic heterocycles. The van der Waals surface area contributed by atoms with E-state index in [-0.39, 0.29) is 10.7 Å². The number of hydrogen-bond donors (Lipinski definition) is 1. The molecular weight excluding hydrogens is 410 g/mol. The Morgan fingerprint density at radius 3 is 2.54 bits per heavy atom. The molecule has 4 rings (SSSR count). The van der Waals surface area contributed by atoms with Gasteiger partial charge in [-0.3, -0.25) is 0 Å². The monoisotopic (exact) mass is 425 g/mol. The Morgan fingerprint density at radius 2 is 1.79 bits per heavy atom. The minimum Gasteiger partial charge on any atom is -0.370 e. The lowest BCUT2D eigenvalue weighted by Crippen LogP contribution is -2.14. The molecule has 3 aromatic rings. The summed E-state index contributed by atoms with van der Waals surface area (Å²) in [4.78, 5) is 0. The predicted molar refractivity (Wildman–Crippen MR) is 105 cm³/mol. The van der Waals surface area contributed by atoms with Crippen molar-refractivity contribution in [1.82, 2.24) is 9.78 Å². The summed E-state index contributed by atoms with van der Waals surface area (Å²) < 4.78 is 42.4. The second-order valence-electron chi connectivity index (χ2n) is 6.64. The van der Waals surface area contributed by atoms with E-state index in [0.29, 0.717) is 23.1 Å². The van der Waals surface area contributed by atoms with Gasteiger partial charge in [-0.05, 0) is 49.6 Å². The fraction of sp³-hybridized carbons (Fsp3) is 0.250. The molecule has 0 amide bonds. The van der Waals surface area contributed by atoms with E-state index in [9.17, 15) is 13.2 Å². The average Bonchev–Trinajstić information content (AvgIpc) is 2.82. The third-order valence-electron chi connectivity index (χ3n) is 4.72. The maximum absolute atomic E-state index is 13.7. The van der Waals surface area contributed by atoms with Crippen molar-refractivity contribution < 1.29 is 13.2 Å². The maximum atomic E-state index is 13.7. The summed E-state index contributed by atoms with van der Waals surface area (Å²) in [7, 11) is 0. The van der Waals surface area contributed by atoms with Gasteiger partial charge in [0.05, 0.1) is 16.9 Å². The van der Waals surface area contributed by atoms with Gasteiger partial charge < -0.3 is 5.32 Å². The molecule has 2 heterocycles. The van der Waals surface area contributed by atoms with E-state index in [4.69, 9.17) is 23.2 Å². The SMILES string of the molecule is FC(F)(F)c1cc(Cl)ccc1-n1nc(-c2cccc(Cl)c2)c2c1NCCCC2. The molecule has 0 fully saturated rings. The number of halogens is 5. The zero-order chi connectivity index (χ0) is 19.9. The molecule has 0 unspecified atom stereocenters. The van der Waals surface area contributed by atoms with Crippen LogP contribution in [0.5, 0.6) is 0 Å². The molecular formula is C20H16Cl2F3N3. The number of rotatable bonds is 2. The molecule has 0 bridgehead atoms. The molecule has 0 saturated heterocycles. The first-order valence-corrected chi connectivity index (χ1v) is 9.59. The standard InChI is InChI=1S/C20H16Cl2F3N3/c21-13-5-3-4-12(10-13)18-15-6-1-2-9-26-19(15)28(27-18)17-8-7-14(22)11-16(17)20(23,24)25/h3-5,7-8,10-11,26H,1-2,6,9H2. The Balaban J connectivity index is 1.97. The van der Waals surface area contributed by atoms with Crippen LogP contribution in [0.2, 0.25) is 10.0 Å². The Kier molecular flexibility index (Phi) is 5.02. The third kappa shape index (κ3) is 3.59. The Bertz CT molecular complexity index is 1030. The van der Waals surface area contributed by atoms with Crippen molar-refractivity contribution in [3.63, 3.8) is 0 Å². The van der Waals surface area contributed by atoms with Gasteiger partial charge in [0.25, 0.3) is 0 Å². The fourth-order valence-corrected chi connectivity index (χ4v) is 3.83. The highest BCUT2D eigenvalue weighted by atomic mass is 35.5. The van der Waals surface area contributed by atoms with Gasteiger partial charge in [-0.2, -0.15) is 18.3 Å². The van der Waals surface area contributed by atoms with Crippen LogP contribution < -0.4 is 5.32 Å². The molecule has 28 heavy (non-hydrogen) atoms. The van der Waals surface area contributed by atoms with Gasteiger partial charge in [0, 0.05) is 27.7 Å². The molecule has 146 valence electrons. The molecule has 3 nitrogen and oxygen atoms in total. The van der Waals surface area contributed by atoms with Crippen LogP contribution in [0.25, 0.3) is 16.9 Å². The second kappa shape index (κ2) is 7.33. The first kappa shape index (κ1) is 19.2. The summed E-state index contributed by atoms with van der Waals surface area (Å²) in [6, 6.07) is 10.9. The summed E-state index contributed by atoms with van der Waals surface area (Å²) in [5.74, 6) is 0.584. The number of nitrogens with one attached hydrogen (secondary N) is 1. The first-order chi connectivity index (χ1) is 13.3. The van der Waals surface area contributed by atoms with E-state index in [2.05, 4.69) is 10.4 Å². The van der Waals surface area contributed by atoms with Gasteiger partial charge in [-0.15, -0.1) is 0 Å². The van der Waals surface area contributed by atoms with Gasteiger partial charge in [0.15, 0.2) is 0 Å². The van der Waals surface area contributed by atoms with E-state index in [1.54, 1.807) is 18.2 Å². The third-order valence-corrected chi connectivity index (χ3v) is 5.19. The van der Waals surface area contributed by atoms with E-state index in [0.717, 1.165) is 36.5 Å². The molecule has 1 N–H and O–H groups in total. The lowest BCUT2D eigenvalue weighted by molar-refractivity contribution is -0.137. The fourth-order valence-electron chi connectivity index (χ4n) is 3.46. The highest BCUT2D eigenvalue weighted by Crippen LogP contribution is 2.40. The molecule has 0 radical (unpaired) electrons. The number of aromatic nitrogens is 2. The van der Waals surface area contributed by atoms with E-state index in [1.165, 1.54) is 16.8 Å². The minimum atomic E-state index is -4.56. The summed E-state index contributed by atoms with van der Waals surface area (Å²) in [5.41, 5.74) is 1.41. The van der Waals surface area contributed by atoms with Gasteiger partial charge in [-0.25, -0.2) is 4.68 Å². The molecule has 1 aliphatic heterocycles. The van der Waals surface area contributed by atoms with Crippen LogP contribution in [0.1, 0.15) is 24.0 Å². The van der Waals surface area contributed by atoms with E-state index < -0.39 is 11.7 Å². The maximum Gasteiger partial charge on any atom is 0.418 e. The quantitative estimate of drug-likeness (QED) is 0.500. The molecule has 0 saturated carbocycles. The predicted octanol–water partition coefficient (Wildman–Crippen LogP) is 6.61. The van der Waals surface area contributed by atoms with E-state index >= 15 is 0 Å². The number of anilines is 1. The molecule has 0 aliphatic carbocycles. The van der Waals surface area contributed by atoms with Crippen LogP contribution in [-0.2, 0) is 12.6 Å². The summed E-state index contributed by atoms with van der Waals surface area (Å²) in [5, 5.41) is 8.40. The largest absolute Gasteiger partial charge is 0.418 e. The van der Waals surface area contributed by atoms with Crippen molar-refractivity contribution in [3.05, 3.63) is 63.6 Å². The van der Waals surface area contributed by atoms with Crippen molar-refractivity contribution in [3.8, 4) is 16.9 Å². The lowest BCUT2D eigenvalue weighted by atomic mass is 10.0. The Morgan fingerprint density at radius 1 is 1.00 bits per heavy atom. The van der Waals surface area contributed by atoms with Gasteiger partial charge >= 0.3 is 6.18 Å². The van der Waals surface area contributed by atoms with E-state index in [1.807, 2.05) is 6.07 Å². The number of nitrogens with zero attached hydrogens (tertiary/aromatic N) is 2. The lowest BCUT2D eigenvalue weighted by Gasteiger charge is -2.16. The van der Waals surface area contributed by atoms with Crippen molar-refractivity contribution in [2.45, 2.75) is 25.4 Å². The topological polar surface area (TPSA) is 29.9 Å².